The lowest BCUT2D eigenvalue weighted by Gasteiger charge is -2.11. The fourth-order valence-electron chi connectivity index (χ4n) is 2.85. The van der Waals surface area contributed by atoms with E-state index in [0.29, 0.717) is 16.8 Å². The zero-order chi connectivity index (χ0) is 15.9. The number of aryl methyl sites for hydroxylation is 1. The largest absolute Gasteiger partial charge is 0.398 e. The van der Waals surface area contributed by atoms with E-state index in [-0.39, 0.29) is 11.6 Å². The van der Waals surface area contributed by atoms with Gasteiger partial charge in [-0.15, -0.1) is 0 Å². The highest BCUT2D eigenvalue weighted by atomic mass is 16.1. The van der Waals surface area contributed by atoms with Gasteiger partial charge in [0.15, 0.2) is 11.6 Å². The molecule has 2 N–H and O–H groups in total. The summed E-state index contributed by atoms with van der Waals surface area (Å²) in [5.41, 5.74) is 11.1. The number of hydrogen-bond donors (Lipinski definition) is 1. The van der Waals surface area contributed by atoms with Gasteiger partial charge in [0, 0.05) is 33.9 Å². The van der Waals surface area contributed by atoms with Crippen molar-refractivity contribution in [1.29, 1.82) is 0 Å². The molecular weight excluding hydrogens is 264 g/mol. The van der Waals surface area contributed by atoms with Crippen molar-refractivity contribution in [3.63, 3.8) is 0 Å². The van der Waals surface area contributed by atoms with Crippen molar-refractivity contribution in [3.05, 3.63) is 46.3 Å². The normalized spacial score (nSPS) is 10.7. The second-order valence-electron chi connectivity index (χ2n) is 5.41. The summed E-state index contributed by atoms with van der Waals surface area (Å²) in [6, 6.07) is 5.74. The molecule has 2 rings (SSSR count). The fourth-order valence-corrected chi connectivity index (χ4v) is 2.85. The van der Waals surface area contributed by atoms with E-state index in [0.717, 1.165) is 22.6 Å². The summed E-state index contributed by atoms with van der Waals surface area (Å²) in [5.74, 6) is -0.195. The van der Waals surface area contributed by atoms with Crippen LogP contribution in [0.5, 0.6) is 0 Å². The first-order valence-corrected chi connectivity index (χ1v) is 6.86. The Hall–Kier alpha value is -2.36. The van der Waals surface area contributed by atoms with E-state index < -0.39 is 0 Å². The van der Waals surface area contributed by atoms with Crippen molar-refractivity contribution in [3.8, 4) is 5.69 Å². The Kier molecular flexibility index (Phi) is 3.73. The van der Waals surface area contributed by atoms with Crippen molar-refractivity contribution in [2.24, 2.45) is 0 Å². The maximum atomic E-state index is 11.9. The second-order valence-corrected chi connectivity index (χ2v) is 5.41. The zero-order valence-electron chi connectivity index (χ0n) is 13.1. The molecule has 4 heteroatoms. The third kappa shape index (κ3) is 2.37. The minimum absolute atomic E-state index is 0.0976. The van der Waals surface area contributed by atoms with E-state index in [9.17, 15) is 9.59 Å². The molecule has 0 amide bonds. The Morgan fingerprint density at radius 2 is 1.43 bits per heavy atom. The number of aromatic nitrogens is 1. The molecule has 0 unspecified atom stereocenters. The lowest BCUT2D eigenvalue weighted by molar-refractivity contribution is 0.0981. The first kappa shape index (κ1) is 15.0. The van der Waals surface area contributed by atoms with E-state index in [1.54, 1.807) is 0 Å². The van der Waals surface area contributed by atoms with Crippen molar-refractivity contribution in [2.45, 2.75) is 34.6 Å². The summed E-state index contributed by atoms with van der Waals surface area (Å²) < 4.78 is 1.92. The lowest BCUT2D eigenvalue weighted by Crippen LogP contribution is -2.02. The molecule has 1 aromatic heterocycles. The number of rotatable bonds is 3. The van der Waals surface area contributed by atoms with Crippen LogP contribution in [-0.4, -0.2) is 16.1 Å². The number of ketones is 2. The highest BCUT2D eigenvalue weighted by molar-refractivity contribution is 6.09. The highest BCUT2D eigenvalue weighted by Crippen LogP contribution is 2.28. The fraction of sp³-hybridized carbons (Fsp3) is 0.294. The average Bonchev–Trinajstić information content (AvgIpc) is 2.65. The molecule has 21 heavy (non-hydrogen) atoms. The molecular formula is C17H20N2O2. The van der Waals surface area contributed by atoms with Crippen LogP contribution in [-0.2, 0) is 0 Å². The molecule has 1 heterocycles. The van der Waals surface area contributed by atoms with E-state index in [1.807, 2.05) is 43.5 Å². The molecule has 110 valence electrons. The number of nitrogens with two attached hydrogens (primary N) is 1. The van der Waals surface area contributed by atoms with Crippen LogP contribution in [0.3, 0.4) is 0 Å². The van der Waals surface area contributed by atoms with Gasteiger partial charge in [-0.05, 0) is 52.3 Å². The van der Waals surface area contributed by atoms with Gasteiger partial charge in [-0.2, -0.15) is 0 Å². The van der Waals surface area contributed by atoms with E-state index in [4.69, 9.17) is 5.73 Å². The number of carbonyl (C=O) groups is 2. The lowest BCUT2D eigenvalue weighted by atomic mass is 10.0. The van der Waals surface area contributed by atoms with Gasteiger partial charge in [0.1, 0.15) is 0 Å². The minimum Gasteiger partial charge on any atom is -0.398 e. The maximum absolute atomic E-state index is 11.9. The van der Waals surface area contributed by atoms with E-state index >= 15 is 0 Å². The SMILES string of the molecule is CC(=O)c1c(C(C)=O)c(C)n(-c2ccc(C)c(N)c2)c1C. The Morgan fingerprint density at radius 1 is 0.952 bits per heavy atom. The molecule has 0 radical (unpaired) electrons. The van der Waals surface area contributed by atoms with Crippen LogP contribution in [0.25, 0.3) is 5.69 Å². The van der Waals surface area contributed by atoms with Crippen molar-refractivity contribution < 1.29 is 9.59 Å². The van der Waals surface area contributed by atoms with Gasteiger partial charge < -0.3 is 10.3 Å². The van der Waals surface area contributed by atoms with Gasteiger partial charge in [-0.1, -0.05) is 6.07 Å². The quantitative estimate of drug-likeness (QED) is 0.694. The Balaban J connectivity index is 2.81. The summed E-state index contributed by atoms with van der Waals surface area (Å²) in [6.07, 6.45) is 0. The van der Waals surface area contributed by atoms with Gasteiger partial charge in [0.25, 0.3) is 0 Å². The number of anilines is 1. The molecule has 0 fully saturated rings. The topological polar surface area (TPSA) is 65.1 Å². The Labute approximate surface area is 124 Å². The van der Waals surface area contributed by atoms with Crippen LogP contribution >= 0.6 is 0 Å². The number of carbonyl (C=O) groups excluding carboxylic acids is 2. The summed E-state index contributed by atoms with van der Waals surface area (Å²) in [5, 5.41) is 0. The molecule has 0 saturated heterocycles. The Bertz CT molecular complexity index is 717. The molecule has 0 atom stereocenters. The molecule has 2 aromatic rings. The van der Waals surface area contributed by atoms with E-state index in [2.05, 4.69) is 0 Å². The zero-order valence-corrected chi connectivity index (χ0v) is 13.1. The minimum atomic E-state index is -0.0976. The van der Waals surface area contributed by atoms with Crippen LogP contribution in [0, 0.1) is 20.8 Å². The predicted octanol–water partition coefficient (Wildman–Crippen LogP) is 3.39. The molecule has 1 aromatic carbocycles. The summed E-state index contributed by atoms with van der Waals surface area (Å²) >= 11 is 0. The summed E-state index contributed by atoms with van der Waals surface area (Å²) in [7, 11) is 0. The number of hydrogen-bond acceptors (Lipinski definition) is 3. The number of Topliss-reactive ketones (excluding diaryl/α,β-unsaturated/α-hetero) is 2. The van der Waals surface area contributed by atoms with Gasteiger partial charge in [-0.25, -0.2) is 0 Å². The maximum Gasteiger partial charge on any atom is 0.162 e. The number of nitrogens with zero attached hydrogens (tertiary/aromatic N) is 1. The molecule has 0 spiro atoms. The molecule has 0 aliphatic rings. The first-order valence-electron chi connectivity index (χ1n) is 6.86. The smallest absolute Gasteiger partial charge is 0.162 e. The summed E-state index contributed by atoms with van der Waals surface area (Å²) in [6.45, 7) is 8.62. The molecule has 0 bridgehead atoms. The van der Waals surface area contributed by atoms with Crippen LogP contribution in [0.2, 0.25) is 0 Å². The van der Waals surface area contributed by atoms with Crippen molar-refractivity contribution in [1.82, 2.24) is 4.57 Å². The molecule has 0 saturated carbocycles. The standard InChI is InChI=1S/C17H20N2O2/c1-9-6-7-14(8-15(9)18)19-10(2)16(12(4)20)17(11(19)3)13(5)21/h6-8H,18H2,1-5H3. The molecule has 0 aliphatic carbocycles. The monoisotopic (exact) mass is 284 g/mol. The Morgan fingerprint density at radius 3 is 1.81 bits per heavy atom. The van der Waals surface area contributed by atoms with Crippen molar-refractivity contribution in [2.75, 3.05) is 5.73 Å². The number of benzene rings is 1. The van der Waals surface area contributed by atoms with Crippen LogP contribution in [0.15, 0.2) is 18.2 Å². The van der Waals surface area contributed by atoms with Crippen LogP contribution in [0.4, 0.5) is 5.69 Å². The number of nitrogen functional groups attached to an aromatic ring is 1. The van der Waals surface area contributed by atoms with Crippen LogP contribution < -0.4 is 5.73 Å². The highest BCUT2D eigenvalue weighted by Gasteiger charge is 2.24. The van der Waals surface area contributed by atoms with Gasteiger partial charge in [-0.3, -0.25) is 9.59 Å². The third-order valence-electron chi connectivity index (χ3n) is 3.87. The second kappa shape index (κ2) is 5.20. The third-order valence-corrected chi connectivity index (χ3v) is 3.87. The van der Waals surface area contributed by atoms with Gasteiger partial charge >= 0.3 is 0 Å². The van der Waals surface area contributed by atoms with Gasteiger partial charge in [0.2, 0.25) is 0 Å². The average molecular weight is 284 g/mol. The van der Waals surface area contributed by atoms with Gasteiger partial charge in [0.05, 0.1) is 0 Å². The van der Waals surface area contributed by atoms with Crippen molar-refractivity contribution >= 4 is 17.3 Å². The first-order chi connectivity index (χ1) is 9.75. The van der Waals surface area contributed by atoms with Crippen LogP contribution in [0.1, 0.15) is 51.5 Å². The predicted molar refractivity (Wildman–Crippen MR) is 84.4 cm³/mol. The van der Waals surface area contributed by atoms with E-state index in [1.165, 1.54) is 13.8 Å². The molecule has 0 aliphatic heterocycles. The molecule has 4 nitrogen and oxygen atoms in total. The summed E-state index contributed by atoms with van der Waals surface area (Å²) in [4.78, 5) is 23.8.